The zero-order chi connectivity index (χ0) is 15.3. The van der Waals surface area contributed by atoms with Gasteiger partial charge in [-0.05, 0) is 17.7 Å². The summed E-state index contributed by atoms with van der Waals surface area (Å²) < 4.78 is 0. The van der Waals surface area contributed by atoms with Crippen LogP contribution in [0.2, 0.25) is 0 Å². The number of hydrogen-bond acceptors (Lipinski definition) is 3. The van der Waals surface area contributed by atoms with E-state index in [1.54, 1.807) is 24.3 Å². The highest BCUT2D eigenvalue weighted by molar-refractivity contribution is 6.23. The minimum Gasteiger partial charge on any atom is -0.508 e. The zero-order valence-electron chi connectivity index (χ0n) is 11.5. The lowest BCUT2D eigenvalue weighted by Crippen LogP contribution is -2.43. The smallest absolute Gasteiger partial charge is 0.320 e. The van der Waals surface area contributed by atoms with Crippen molar-refractivity contribution in [2.75, 3.05) is 0 Å². The zero-order valence-corrected chi connectivity index (χ0v) is 11.5. The lowest BCUT2D eigenvalue weighted by Gasteiger charge is -2.26. The first-order chi connectivity index (χ1) is 10.6. The number of hydrogen-bond donors (Lipinski definition) is 3. The second-order valence-corrected chi connectivity index (χ2v) is 5.29. The summed E-state index contributed by atoms with van der Waals surface area (Å²) in [5.41, 5.74) is 3.21. The van der Waals surface area contributed by atoms with Crippen LogP contribution in [0.4, 0.5) is 4.79 Å². The van der Waals surface area contributed by atoms with Gasteiger partial charge in [-0.2, -0.15) is 0 Å². The molecule has 2 aromatic carbocycles. The third-order valence-corrected chi connectivity index (χ3v) is 3.98. The topological polar surface area (TPSA) is 78.4 Å². The third-order valence-electron chi connectivity index (χ3n) is 3.98. The number of ketones is 1. The summed E-state index contributed by atoms with van der Waals surface area (Å²) in [4.78, 5) is 24.6. The second-order valence-electron chi connectivity index (χ2n) is 5.29. The largest absolute Gasteiger partial charge is 0.508 e. The van der Waals surface area contributed by atoms with Crippen LogP contribution in [0, 0.1) is 0 Å². The Kier molecular flexibility index (Phi) is 2.56. The minimum atomic E-state index is -0.524. The van der Waals surface area contributed by atoms with E-state index in [-0.39, 0.29) is 17.6 Å². The van der Waals surface area contributed by atoms with Crippen molar-refractivity contribution in [3.63, 3.8) is 0 Å². The lowest BCUT2D eigenvalue weighted by molar-refractivity contribution is 0.103. The van der Waals surface area contributed by atoms with E-state index in [1.807, 2.05) is 12.1 Å². The van der Waals surface area contributed by atoms with Crippen LogP contribution in [0.15, 0.2) is 54.1 Å². The maximum absolute atomic E-state index is 12.7. The number of carbonyl (C=O) groups is 2. The van der Waals surface area contributed by atoms with Gasteiger partial charge < -0.3 is 15.7 Å². The van der Waals surface area contributed by atoms with Crippen LogP contribution in [0.25, 0.3) is 5.70 Å². The fourth-order valence-corrected chi connectivity index (χ4v) is 2.98. The number of phenolic OH excluding ortho intramolecular Hbond substituents is 1. The number of phenols is 1. The standard InChI is InChI=1S/C17H12N2O3/c20-10-7-5-9(6-8-10)14-13-15(19-17(22)18-14)11-3-1-2-4-12(11)16(13)21/h1-8,14,20H,(H2,18,19,22). The maximum atomic E-state index is 12.7. The van der Waals surface area contributed by atoms with Gasteiger partial charge in [0, 0.05) is 11.1 Å². The summed E-state index contributed by atoms with van der Waals surface area (Å²) in [6.45, 7) is 0. The normalized spacial score (nSPS) is 19.4. The SMILES string of the molecule is O=C1NC2=C(C(=O)c3ccccc32)C(c2ccc(O)cc2)N1. The van der Waals surface area contributed by atoms with Gasteiger partial charge in [-0.15, -0.1) is 0 Å². The average molecular weight is 292 g/mol. The molecule has 4 rings (SSSR count). The molecule has 22 heavy (non-hydrogen) atoms. The van der Waals surface area contributed by atoms with Crippen LogP contribution in [0.3, 0.4) is 0 Å². The molecule has 1 atom stereocenters. The molecule has 1 unspecified atom stereocenters. The molecule has 1 aliphatic carbocycles. The monoisotopic (exact) mass is 292 g/mol. The van der Waals surface area contributed by atoms with Crippen molar-refractivity contribution in [2.24, 2.45) is 0 Å². The number of benzene rings is 2. The number of fused-ring (bicyclic) bond motifs is 2. The Bertz CT molecular complexity index is 837. The molecule has 0 saturated carbocycles. The Labute approximate surface area is 126 Å². The van der Waals surface area contributed by atoms with Gasteiger partial charge in [0.25, 0.3) is 0 Å². The van der Waals surface area contributed by atoms with Crippen molar-refractivity contribution in [1.29, 1.82) is 0 Å². The molecule has 5 heteroatoms. The molecule has 0 fully saturated rings. The van der Waals surface area contributed by atoms with Gasteiger partial charge in [0.15, 0.2) is 5.78 Å². The fraction of sp³-hybridized carbons (Fsp3) is 0.0588. The summed E-state index contributed by atoms with van der Waals surface area (Å²) in [5.74, 6) is 0.0513. The second kappa shape index (κ2) is 4.46. The van der Waals surface area contributed by atoms with Crippen molar-refractivity contribution in [2.45, 2.75) is 6.04 Å². The Morgan fingerprint density at radius 3 is 2.32 bits per heavy atom. The molecule has 0 spiro atoms. The van der Waals surface area contributed by atoms with Gasteiger partial charge in [-0.25, -0.2) is 4.79 Å². The molecule has 2 aromatic rings. The molecule has 0 aromatic heterocycles. The first-order valence-corrected chi connectivity index (χ1v) is 6.90. The molecule has 0 saturated heterocycles. The van der Waals surface area contributed by atoms with Gasteiger partial charge in [0.1, 0.15) is 5.75 Å². The van der Waals surface area contributed by atoms with E-state index in [4.69, 9.17) is 0 Å². The van der Waals surface area contributed by atoms with Gasteiger partial charge in [-0.3, -0.25) is 4.79 Å². The summed E-state index contributed by atoms with van der Waals surface area (Å²) in [6.07, 6.45) is 0. The van der Waals surface area contributed by atoms with Crippen molar-refractivity contribution < 1.29 is 14.7 Å². The number of urea groups is 1. The molecule has 2 amide bonds. The van der Waals surface area contributed by atoms with E-state index >= 15 is 0 Å². The Hall–Kier alpha value is -3.08. The highest BCUT2D eigenvalue weighted by Gasteiger charge is 2.39. The summed E-state index contributed by atoms with van der Waals surface area (Å²) in [6, 6.07) is 12.8. The number of aromatic hydroxyl groups is 1. The average Bonchev–Trinajstić information content (AvgIpc) is 2.81. The molecular formula is C17H12N2O3. The van der Waals surface area contributed by atoms with Crippen molar-refractivity contribution in [1.82, 2.24) is 10.6 Å². The highest BCUT2D eigenvalue weighted by atomic mass is 16.3. The molecular weight excluding hydrogens is 280 g/mol. The van der Waals surface area contributed by atoms with Crippen molar-refractivity contribution in [3.05, 3.63) is 70.8 Å². The molecule has 1 aliphatic heterocycles. The highest BCUT2D eigenvalue weighted by Crippen LogP contribution is 2.39. The van der Waals surface area contributed by atoms with Crippen LogP contribution in [-0.4, -0.2) is 16.9 Å². The molecule has 1 heterocycles. The molecule has 0 bridgehead atoms. The van der Waals surface area contributed by atoms with E-state index in [1.165, 1.54) is 12.1 Å². The molecule has 3 N–H and O–H groups in total. The maximum Gasteiger partial charge on any atom is 0.320 e. The molecule has 0 radical (unpaired) electrons. The predicted octanol–water partition coefficient (Wildman–Crippen LogP) is 2.35. The van der Waals surface area contributed by atoms with Crippen LogP contribution in [-0.2, 0) is 0 Å². The number of Topliss-reactive ketones (excluding diaryl/α,β-unsaturated/α-hetero) is 1. The Morgan fingerprint density at radius 1 is 0.909 bits per heavy atom. The lowest BCUT2D eigenvalue weighted by atomic mass is 9.94. The number of amides is 2. The van der Waals surface area contributed by atoms with Gasteiger partial charge in [0.2, 0.25) is 0 Å². The summed E-state index contributed by atoms with van der Waals surface area (Å²) in [7, 11) is 0. The van der Waals surface area contributed by atoms with Crippen molar-refractivity contribution >= 4 is 17.5 Å². The van der Waals surface area contributed by atoms with Gasteiger partial charge in [-0.1, -0.05) is 36.4 Å². The van der Waals surface area contributed by atoms with E-state index < -0.39 is 6.04 Å². The van der Waals surface area contributed by atoms with Crippen molar-refractivity contribution in [3.8, 4) is 5.75 Å². The third kappa shape index (κ3) is 1.72. The first-order valence-electron chi connectivity index (χ1n) is 6.90. The van der Waals surface area contributed by atoms with E-state index in [9.17, 15) is 14.7 Å². The summed E-state index contributed by atoms with van der Waals surface area (Å²) >= 11 is 0. The van der Waals surface area contributed by atoms with Crippen LogP contribution in [0.5, 0.6) is 5.75 Å². The van der Waals surface area contributed by atoms with E-state index in [0.717, 1.165) is 11.1 Å². The first kappa shape index (κ1) is 12.6. The van der Waals surface area contributed by atoms with Crippen LogP contribution in [0.1, 0.15) is 27.5 Å². The van der Waals surface area contributed by atoms with Crippen LogP contribution >= 0.6 is 0 Å². The number of nitrogens with one attached hydrogen (secondary N) is 2. The van der Waals surface area contributed by atoms with Crippen LogP contribution < -0.4 is 10.6 Å². The molecule has 2 aliphatic rings. The molecule has 108 valence electrons. The Morgan fingerprint density at radius 2 is 1.59 bits per heavy atom. The quantitative estimate of drug-likeness (QED) is 0.755. The van der Waals surface area contributed by atoms with E-state index in [2.05, 4.69) is 10.6 Å². The van der Waals surface area contributed by atoms with Gasteiger partial charge >= 0.3 is 6.03 Å². The summed E-state index contributed by atoms with van der Waals surface area (Å²) in [5, 5.41) is 14.9. The number of carbonyl (C=O) groups excluding carboxylic acids is 2. The Balaban J connectivity index is 1.88. The predicted molar refractivity (Wildman–Crippen MR) is 80.2 cm³/mol. The fourth-order valence-electron chi connectivity index (χ4n) is 2.98. The van der Waals surface area contributed by atoms with Gasteiger partial charge in [0.05, 0.1) is 17.3 Å². The molecule has 5 nitrogen and oxygen atoms in total. The number of rotatable bonds is 1. The minimum absolute atomic E-state index is 0.0869. The van der Waals surface area contributed by atoms with E-state index in [0.29, 0.717) is 16.8 Å².